The highest BCUT2D eigenvalue weighted by molar-refractivity contribution is 7.14. The van der Waals surface area contributed by atoms with Gasteiger partial charge in [-0.25, -0.2) is 9.97 Å². The first kappa shape index (κ1) is 22.7. The summed E-state index contributed by atoms with van der Waals surface area (Å²) in [5.41, 5.74) is 2.24. The van der Waals surface area contributed by atoms with Crippen LogP contribution in [0.25, 0.3) is 10.6 Å². The van der Waals surface area contributed by atoms with Gasteiger partial charge in [-0.3, -0.25) is 15.0 Å². The lowest BCUT2D eigenvalue weighted by Crippen LogP contribution is -2.38. The van der Waals surface area contributed by atoms with Crippen molar-refractivity contribution in [1.29, 1.82) is 0 Å². The van der Waals surface area contributed by atoms with Gasteiger partial charge in [0.2, 0.25) is 0 Å². The molecule has 1 fully saturated rings. The van der Waals surface area contributed by atoms with Crippen LogP contribution in [0.3, 0.4) is 0 Å². The molecule has 7 nitrogen and oxygen atoms in total. The number of likely N-dealkylation sites (tertiary alicyclic amines) is 1. The van der Waals surface area contributed by atoms with Crippen molar-refractivity contribution < 1.29 is 14.3 Å². The van der Waals surface area contributed by atoms with E-state index in [4.69, 9.17) is 9.47 Å². The fraction of sp³-hybridized carbons (Fsp3) is 0.435. The molecule has 1 aliphatic rings. The normalized spacial score (nSPS) is 19.0. The second-order valence-corrected chi connectivity index (χ2v) is 10.1. The molecule has 0 unspecified atom stereocenters. The van der Waals surface area contributed by atoms with E-state index in [1.54, 1.807) is 19.6 Å². The highest BCUT2D eigenvalue weighted by Gasteiger charge is 2.22. The quantitative estimate of drug-likeness (QED) is 0.521. The monoisotopic (exact) mass is 472 g/mol. The lowest BCUT2D eigenvalue weighted by Gasteiger charge is -2.34. The van der Waals surface area contributed by atoms with E-state index in [9.17, 15) is 4.79 Å². The Morgan fingerprint density at radius 2 is 1.84 bits per heavy atom. The summed E-state index contributed by atoms with van der Waals surface area (Å²) in [5.74, 6) is 2.44. The molecule has 2 aromatic heterocycles. The minimum absolute atomic E-state index is 0.255. The van der Waals surface area contributed by atoms with E-state index in [2.05, 4.69) is 34.0 Å². The summed E-state index contributed by atoms with van der Waals surface area (Å²) in [7, 11) is 3.19. The Morgan fingerprint density at radius 3 is 2.56 bits per heavy atom. The minimum Gasteiger partial charge on any atom is -0.493 e. The molecule has 32 heavy (non-hydrogen) atoms. The fourth-order valence-corrected chi connectivity index (χ4v) is 5.72. The number of benzene rings is 1. The van der Waals surface area contributed by atoms with Gasteiger partial charge in [-0.15, -0.1) is 22.7 Å². The second kappa shape index (κ2) is 9.97. The summed E-state index contributed by atoms with van der Waals surface area (Å²) in [5, 5.41) is 8.01. The van der Waals surface area contributed by atoms with Gasteiger partial charge >= 0.3 is 0 Å². The number of nitrogens with one attached hydrogen (secondary N) is 1. The molecule has 0 saturated carbocycles. The number of hydrogen-bond donors (Lipinski definition) is 1. The Hall–Kier alpha value is -2.49. The first-order valence-electron chi connectivity index (χ1n) is 10.6. The van der Waals surface area contributed by atoms with Gasteiger partial charge in [-0.2, -0.15) is 0 Å². The molecule has 4 rings (SSSR count). The van der Waals surface area contributed by atoms with Crippen molar-refractivity contribution in [3.63, 3.8) is 0 Å². The predicted molar refractivity (Wildman–Crippen MR) is 129 cm³/mol. The minimum atomic E-state index is -0.255. The maximum absolute atomic E-state index is 12.7. The van der Waals surface area contributed by atoms with Crippen LogP contribution < -0.4 is 14.8 Å². The number of thiazole rings is 2. The molecule has 0 spiro atoms. The van der Waals surface area contributed by atoms with E-state index >= 15 is 0 Å². The van der Waals surface area contributed by atoms with E-state index in [1.807, 2.05) is 23.6 Å². The molecular formula is C23H28N4O3S2. The molecule has 3 aromatic rings. The number of methoxy groups -OCH3 is 2. The van der Waals surface area contributed by atoms with Gasteiger partial charge in [-0.1, -0.05) is 13.8 Å². The van der Waals surface area contributed by atoms with Gasteiger partial charge in [0.25, 0.3) is 5.91 Å². The molecule has 0 bridgehead atoms. The number of rotatable bonds is 7. The standard InChI is InChI=1S/C23H28N4O3S2/c1-14-7-15(2)10-27(9-14)11-17-12-32-23(24-17)26-21(28)18-13-31-22(25-18)16-5-6-19(29-3)20(8-16)30-4/h5-6,8,12-15H,7,9-11H2,1-4H3,(H,24,26,28)/t14-,15-/m0/s1. The average molecular weight is 473 g/mol. The third-order valence-electron chi connectivity index (χ3n) is 5.47. The van der Waals surface area contributed by atoms with Crippen molar-refractivity contribution in [2.24, 2.45) is 11.8 Å². The first-order chi connectivity index (χ1) is 15.4. The third-order valence-corrected chi connectivity index (χ3v) is 7.17. The third kappa shape index (κ3) is 5.28. The van der Waals surface area contributed by atoms with Crippen LogP contribution in [0.1, 0.15) is 36.5 Å². The van der Waals surface area contributed by atoms with E-state index < -0.39 is 0 Å². The van der Waals surface area contributed by atoms with Crippen LogP contribution >= 0.6 is 22.7 Å². The van der Waals surface area contributed by atoms with Crippen molar-refractivity contribution in [3.05, 3.63) is 40.3 Å². The molecule has 1 aliphatic heterocycles. The van der Waals surface area contributed by atoms with Crippen LogP contribution in [0.5, 0.6) is 11.5 Å². The zero-order valence-electron chi connectivity index (χ0n) is 18.8. The maximum Gasteiger partial charge on any atom is 0.276 e. The number of hydrogen-bond acceptors (Lipinski definition) is 8. The number of aromatic nitrogens is 2. The van der Waals surface area contributed by atoms with Gasteiger partial charge in [0.15, 0.2) is 16.6 Å². The highest BCUT2D eigenvalue weighted by atomic mass is 32.1. The number of ether oxygens (including phenoxy) is 2. The molecule has 0 aliphatic carbocycles. The Bertz CT molecular complexity index is 1070. The number of amides is 1. The topological polar surface area (TPSA) is 76.6 Å². The predicted octanol–water partition coefficient (Wildman–Crippen LogP) is 5.01. The number of carbonyl (C=O) groups excluding carboxylic acids is 1. The summed E-state index contributed by atoms with van der Waals surface area (Å²) in [6.45, 7) is 7.63. The molecule has 1 N–H and O–H groups in total. The average Bonchev–Trinajstić information content (AvgIpc) is 3.42. The maximum atomic E-state index is 12.7. The van der Waals surface area contributed by atoms with Gasteiger partial charge in [0.1, 0.15) is 10.7 Å². The van der Waals surface area contributed by atoms with E-state index in [1.165, 1.54) is 29.1 Å². The molecule has 1 amide bonds. The van der Waals surface area contributed by atoms with Crippen molar-refractivity contribution in [1.82, 2.24) is 14.9 Å². The second-order valence-electron chi connectivity index (χ2n) is 8.35. The van der Waals surface area contributed by atoms with Gasteiger partial charge < -0.3 is 9.47 Å². The van der Waals surface area contributed by atoms with Gasteiger partial charge in [0.05, 0.1) is 19.9 Å². The summed E-state index contributed by atoms with van der Waals surface area (Å²) in [4.78, 5) is 24.3. The summed E-state index contributed by atoms with van der Waals surface area (Å²) in [6, 6.07) is 5.59. The van der Waals surface area contributed by atoms with Gasteiger partial charge in [0, 0.05) is 36.0 Å². The number of carbonyl (C=O) groups is 1. The molecule has 1 aromatic carbocycles. The molecular weight excluding hydrogens is 444 g/mol. The van der Waals surface area contributed by atoms with Crippen molar-refractivity contribution in [2.75, 3.05) is 32.6 Å². The van der Waals surface area contributed by atoms with Crippen LogP contribution in [0.15, 0.2) is 29.0 Å². The van der Waals surface area contributed by atoms with Crippen molar-refractivity contribution in [2.45, 2.75) is 26.8 Å². The lowest BCUT2D eigenvalue weighted by atomic mass is 9.92. The molecule has 9 heteroatoms. The van der Waals surface area contributed by atoms with Crippen molar-refractivity contribution in [3.8, 4) is 22.1 Å². The van der Waals surface area contributed by atoms with E-state index in [0.29, 0.717) is 34.2 Å². The SMILES string of the molecule is COc1ccc(-c2nc(C(=O)Nc3nc(CN4C[C@@H](C)C[C@H](C)C4)cs3)cs2)cc1OC. The Morgan fingerprint density at radius 1 is 1.09 bits per heavy atom. The number of piperidine rings is 1. The van der Waals surface area contributed by atoms with Crippen LogP contribution in [0.4, 0.5) is 5.13 Å². The van der Waals surface area contributed by atoms with Crippen LogP contribution in [-0.4, -0.2) is 48.1 Å². The lowest BCUT2D eigenvalue weighted by molar-refractivity contribution is 0.102. The van der Waals surface area contributed by atoms with Crippen LogP contribution in [-0.2, 0) is 6.54 Å². The van der Waals surface area contributed by atoms with E-state index in [0.717, 1.165) is 35.9 Å². The zero-order chi connectivity index (χ0) is 22.7. The Kier molecular flexibility index (Phi) is 7.07. The van der Waals surface area contributed by atoms with E-state index in [-0.39, 0.29) is 5.91 Å². The smallest absolute Gasteiger partial charge is 0.276 e. The molecule has 3 heterocycles. The summed E-state index contributed by atoms with van der Waals surface area (Å²) in [6.07, 6.45) is 1.29. The van der Waals surface area contributed by atoms with Crippen LogP contribution in [0, 0.1) is 11.8 Å². The Labute approximate surface area is 196 Å². The van der Waals surface area contributed by atoms with Crippen molar-refractivity contribution >= 4 is 33.7 Å². The molecule has 0 radical (unpaired) electrons. The number of nitrogens with zero attached hydrogens (tertiary/aromatic N) is 3. The number of anilines is 1. The largest absolute Gasteiger partial charge is 0.493 e. The molecule has 170 valence electrons. The summed E-state index contributed by atoms with van der Waals surface area (Å²) >= 11 is 2.86. The first-order valence-corrected chi connectivity index (χ1v) is 12.4. The molecule has 1 saturated heterocycles. The van der Waals surface area contributed by atoms with Gasteiger partial charge in [-0.05, 0) is 36.5 Å². The Balaban J connectivity index is 1.40. The summed E-state index contributed by atoms with van der Waals surface area (Å²) < 4.78 is 10.6. The van der Waals surface area contributed by atoms with Crippen LogP contribution in [0.2, 0.25) is 0 Å². The highest BCUT2D eigenvalue weighted by Crippen LogP contribution is 2.33. The fourth-order valence-electron chi connectivity index (χ4n) is 4.23. The zero-order valence-corrected chi connectivity index (χ0v) is 20.4. The molecule has 2 atom stereocenters.